The maximum absolute atomic E-state index is 6.54. The molecular weight excluding hydrogens is 494 g/mol. The first kappa shape index (κ1) is 25.8. The number of nitrogens with zero attached hydrogens (tertiary/aromatic N) is 1. The number of pyridine rings is 1. The van der Waals surface area contributed by atoms with Crippen LogP contribution in [-0.2, 0) is 11.8 Å². The molecule has 0 bridgehead atoms. The van der Waals surface area contributed by atoms with Gasteiger partial charge in [0.05, 0.1) is 15.3 Å². The molecule has 3 heteroatoms. The van der Waals surface area contributed by atoms with Gasteiger partial charge in [-0.1, -0.05) is 71.9 Å². The van der Waals surface area contributed by atoms with Crippen molar-refractivity contribution in [1.82, 2.24) is 4.98 Å². The summed E-state index contributed by atoms with van der Waals surface area (Å²) < 4.78 is 7.75. The molecule has 0 aliphatic carbocycles. The Balaban J connectivity index is 1.53. The third-order valence-corrected chi connectivity index (χ3v) is 9.05. The van der Waals surface area contributed by atoms with Crippen LogP contribution >= 0.6 is 11.3 Å². The fraction of sp³-hybridized carbons (Fsp3) is 0.306. The average molecular weight is 532 g/mol. The highest BCUT2D eigenvalue weighted by Crippen LogP contribution is 2.46. The van der Waals surface area contributed by atoms with E-state index in [1.165, 1.54) is 58.9 Å². The van der Waals surface area contributed by atoms with Gasteiger partial charge < -0.3 is 4.42 Å². The van der Waals surface area contributed by atoms with E-state index in [9.17, 15) is 0 Å². The van der Waals surface area contributed by atoms with Crippen molar-refractivity contribution in [1.29, 1.82) is 0 Å². The summed E-state index contributed by atoms with van der Waals surface area (Å²) in [6, 6.07) is 22.2. The van der Waals surface area contributed by atoms with Gasteiger partial charge in [-0.3, -0.25) is 4.98 Å². The molecule has 3 aromatic carbocycles. The molecule has 6 aromatic rings. The van der Waals surface area contributed by atoms with Gasteiger partial charge in [0.15, 0.2) is 0 Å². The molecule has 6 rings (SSSR count). The van der Waals surface area contributed by atoms with Crippen molar-refractivity contribution in [3.63, 3.8) is 0 Å². The molecular formula is C36H37NOS. The molecule has 39 heavy (non-hydrogen) atoms. The zero-order valence-electron chi connectivity index (χ0n) is 24.3. The van der Waals surface area contributed by atoms with Crippen molar-refractivity contribution in [3.05, 3.63) is 89.1 Å². The van der Waals surface area contributed by atoms with Crippen LogP contribution in [0.3, 0.4) is 0 Å². The highest BCUT2D eigenvalue weighted by atomic mass is 32.1. The first-order chi connectivity index (χ1) is 18.4. The lowest BCUT2D eigenvalue weighted by molar-refractivity contribution is 0.411. The van der Waals surface area contributed by atoms with Crippen LogP contribution in [-0.4, -0.2) is 4.98 Å². The normalized spacial score (nSPS) is 12.7. The van der Waals surface area contributed by atoms with Gasteiger partial charge in [0.25, 0.3) is 0 Å². The van der Waals surface area contributed by atoms with Gasteiger partial charge in [-0.15, -0.1) is 11.3 Å². The molecule has 0 atom stereocenters. The van der Waals surface area contributed by atoms with E-state index in [4.69, 9.17) is 9.40 Å². The summed E-state index contributed by atoms with van der Waals surface area (Å²) in [6.45, 7) is 18.2. The Bertz CT molecular complexity index is 1870. The first-order valence-corrected chi connectivity index (χ1v) is 14.7. The Hall–Kier alpha value is -3.43. The molecule has 0 amide bonds. The fourth-order valence-corrected chi connectivity index (χ4v) is 7.20. The van der Waals surface area contributed by atoms with Gasteiger partial charge in [0.1, 0.15) is 11.3 Å². The molecule has 0 aliphatic rings. The topological polar surface area (TPSA) is 26.0 Å². The van der Waals surface area contributed by atoms with Crippen LogP contribution in [0.4, 0.5) is 0 Å². The number of hydrogen-bond acceptors (Lipinski definition) is 3. The van der Waals surface area contributed by atoms with Gasteiger partial charge in [-0.25, -0.2) is 0 Å². The smallest absolute Gasteiger partial charge is 0.148 e. The van der Waals surface area contributed by atoms with Gasteiger partial charge in [-0.2, -0.15) is 0 Å². The molecule has 0 spiro atoms. The van der Waals surface area contributed by atoms with E-state index in [1.54, 1.807) is 11.3 Å². The third kappa shape index (κ3) is 4.57. The second kappa shape index (κ2) is 9.06. The van der Waals surface area contributed by atoms with Crippen molar-refractivity contribution in [2.75, 3.05) is 0 Å². The minimum Gasteiger partial charge on any atom is -0.455 e. The summed E-state index contributed by atoms with van der Waals surface area (Å²) in [5, 5.41) is 5.03. The average Bonchev–Trinajstić information content (AvgIpc) is 3.38. The van der Waals surface area contributed by atoms with Crippen LogP contribution in [0.2, 0.25) is 0 Å². The Morgan fingerprint density at radius 3 is 2.31 bits per heavy atom. The molecule has 0 fully saturated rings. The summed E-state index contributed by atoms with van der Waals surface area (Å²) >= 11 is 1.80. The lowest BCUT2D eigenvalue weighted by Gasteiger charge is -2.22. The maximum Gasteiger partial charge on any atom is 0.148 e. The molecule has 198 valence electrons. The number of furan rings is 1. The highest BCUT2D eigenvalue weighted by Gasteiger charge is 2.23. The van der Waals surface area contributed by atoms with Crippen molar-refractivity contribution < 1.29 is 4.42 Å². The van der Waals surface area contributed by atoms with Crippen molar-refractivity contribution in [3.8, 4) is 21.9 Å². The quantitative estimate of drug-likeness (QED) is 0.227. The van der Waals surface area contributed by atoms with Gasteiger partial charge in [0, 0.05) is 22.7 Å². The summed E-state index contributed by atoms with van der Waals surface area (Å²) in [7, 11) is 0. The lowest BCUT2D eigenvalue weighted by Crippen LogP contribution is -2.12. The van der Waals surface area contributed by atoms with Crippen molar-refractivity contribution in [2.24, 2.45) is 5.41 Å². The Morgan fingerprint density at radius 2 is 1.56 bits per heavy atom. The van der Waals surface area contributed by atoms with E-state index >= 15 is 0 Å². The molecule has 2 nitrogen and oxygen atoms in total. The monoisotopic (exact) mass is 531 g/mol. The lowest BCUT2D eigenvalue weighted by atomic mass is 9.82. The SMILES string of the molecule is Cc1c(-c2sc3c(-c4cc(C(C)(C)C)c5ccccc5c4)nccc3c2C)oc2ccc(CC(C)(C)C)cc12. The maximum atomic E-state index is 6.54. The van der Waals surface area contributed by atoms with Crippen molar-refractivity contribution in [2.45, 2.75) is 67.2 Å². The minimum absolute atomic E-state index is 0.0251. The minimum atomic E-state index is 0.0251. The van der Waals surface area contributed by atoms with Gasteiger partial charge in [0.2, 0.25) is 0 Å². The molecule has 0 aliphatic heterocycles. The zero-order valence-corrected chi connectivity index (χ0v) is 25.1. The van der Waals surface area contributed by atoms with E-state index in [2.05, 4.69) is 116 Å². The number of thiophene rings is 1. The Kier molecular flexibility index (Phi) is 6.00. The molecule has 3 heterocycles. The third-order valence-electron chi connectivity index (χ3n) is 7.74. The Morgan fingerprint density at radius 1 is 0.795 bits per heavy atom. The van der Waals surface area contributed by atoms with Crippen molar-refractivity contribution >= 4 is 43.2 Å². The van der Waals surface area contributed by atoms with E-state index in [0.717, 1.165) is 23.5 Å². The van der Waals surface area contributed by atoms with Crippen LogP contribution in [0.15, 0.2) is 71.3 Å². The molecule has 0 unspecified atom stereocenters. The fourth-order valence-electron chi connectivity index (χ4n) is 5.84. The number of fused-ring (bicyclic) bond motifs is 3. The molecule has 3 aromatic heterocycles. The molecule has 0 N–H and O–H groups in total. The summed E-state index contributed by atoms with van der Waals surface area (Å²) in [5.74, 6) is 0.983. The number of benzene rings is 3. The predicted octanol–water partition coefficient (Wildman–Crippen LogP) is 11.0. The standard InChI is InChI=1S/C36H37NOS/c1-21-28-17-23(20-35(3,4)5)13-14-30(28)38-32(21)33-22(2)26-15-16-37-31(34(26)39-33)25-18-24-11-9-10-12-27(24)29(19-25)36(6,7)8/h9-19H,20H2,1-8H3. The largest absolute Gasteiger partial charge is 0.455 e. The van der Waals surface area contributed by atoms with E-state index in [0.29, 0.717) is 0 Å². The summed E-state index contributed by atoms with van der Waals surface area (Å²) in [6.07, 6.45) is 3.00. The molecule has 0 saturated heterocycles. The van der Waals surface area contributed by atoms with Crippen LogP contribution in [0.1, 0.15) is 63.8 Å². The summed E-state index contributed by atoms with van der Waals surface area (Å²) in [4.78, 5) is 6.14. The molecule has 0 saturated carbocycles. The van der Waals surface area contributed by atoms with Crippen LogP contribution in [0.25, 0.3) is 53.7 Å². The Labute approximate surface area is 235 Å². The predicted molar refractivity (Wildman–Crippen MR) is 169 cm³/mol. The van der Waals surface area contributed by atoms with Crippen LogP contribution in [0.5, 0.6) is 0 Å². The highest BCUT2D eigenvalue weighted by molar-refractivity contribution is 7.23. The number of rotatable bonds is 3. The van der Waals surface area contributed by atoms with Crippen LogP contribution < -0.4 is 0 Å². The molecule has 0 radical (unpaired) electrons. The van der Waals surface area contributed by atoms with Crippen LogP contribution in [0, 0.1) is 19.3 Å². The van der Waals surface area contributed by atoms with E-state index < -0.39 is 0 Å². The second-order valence-electron chi connectivity index (χ2n) is 13.2. The number of hydrogen-bond donors (Lipinski definition) is 0. The zero-order chi connectivity index (χ0) is 27.7. The van der Waals surface area contributed by atoms with Gasteiger partial charge in [-0.05, 0) is 94.3 Å². The van der Waals surface area contributed by atoms with E-state index in [-0.39, 0.29) is 10.8 Å². The number of aryl methyl sites for hydroxylation is 2. The number of aromatic nitrogens is 1. The van der Waals surface area contributed by atoms with E-state index in [1.807, 2.05) is 6.20 Å². The summed E-state index contributed by atoms with van der Waals surface area (Å²) in [5.41, 5.74) is 8.62. The first-order valence-electron chi connectivity index (χ1n) is 13.8. The second-order valence-corrected chi connectivity index (χ2v) is 14.2. The van der Waals surface area contributed by atoms with Gasteiger partial charge >= 0.3 is 0 Å².